The van der Waals surface area contributed by atoms with Crippen LogP contribution in [0.2, 0.25) is 5.02 Å². The number of amides is 1. The summed E-state index contributed by atoms with van der Waals surface area (Å²) in [5, 5.41) is 12.1. The molecule has 1 saturated heterocycles. The van der Waals surface area contributed by atoms with Crippen LogP contribution in [-0.4, -0.2) is 23.0 Å². The highest BCUT2D eigenvalue weighted by atomic mass is 35.5. The number of aryl methyl sites for hydroxylation is 1. The second-order valence-electron chi connectivity index (χ2n) is 4.19. The standard InChI is InChI=1S/C12H12ClNO3/c1-6-4-7(13)2-3-8(6)9-5-10(15)14-11(9)12(16)17/h2-4,9,11H,5H2,1H3,(H,14,15)(H,16,17). The van der Waals surface area contributed by atoms with Crippen LogP contribution in [0.3, 0.4) is 0 Å². The quantitative estimate of drug-likeness (QED) is 0.843. The highest BCUT2D eigenvalue weighted by Gasteiger charge is 2.38. The van der Waals surface area contributed by atoms with Crippen LogP contribution in [0.4, 0.5) is 0 Å². The first-order valence-electron chi connectivity index (χ1n) is 5.27. The summed E-state index contributed by atoms with van der Waals surface area (Å²) in [5.74, 6) is -1.55. The van der Waals surface area contributed by atoms with Crippen molar-refractivity contribution in [2.75, 3.05) is 0 Å². The van der Waals surface area contributed by atoms with Crippen LogP contribution in [0.25, 0.3) is 0 Å². The molecule has 0 spiro atoms. The van der Waals surface area contributed by atoms with Gasteiger partial charge in [-0.15, -0.1) is 0 Å². The lowest BCUT2D eigenvalue weighted by Gasteiger charge is -2.17. The Hall–Kier alpha value is -1.55. The van der Waals surface area contributed by atoms with Crippen LogP contribution in [0.15, 0.2) is 18.2 Å². The Morgan fingerprint density at radius 1 is 1.53 bits per heavy atom. The first kappa shape index (κ1) is 11.9. The third-order valence-electron chi connectivity index (χ3n) is 3.02. The van der Waals surface area contributed by atoms with Crippen LogP contribution in [-0.2, 0) is 9.59 Å². The SMILES string of the molecule is Cc1cc(Cl)ccc1C1CC(=O)NC1C(=O)O. The molecule has 1 fully saturated rings. The number of halogens is 1. The molecule has 0 radical (unpaired) electrons. The fourth-order valence-electron chi connectivity index (χ4n) is 2.23. The lowest BCUT2D eigenvalue weighted by molar-refractivity contribution is -0.140. The van der Waals surface area contributed by atoms with E-state index in [-0.39, 0.29) is 18.2 Å². The van der Waals surface area contributed by atoms with E-state index >= 15 is 0 Å². The second-order valence-corrected chi connectivity index (χ2v) is 4.63. The molecular weight excluding hydrogens is 242 g/mol. The lowest BCUT2D eigenvalue weighted by Crippen LogP contribution is -2.36. The molecule has 1 aliphatic rings. The molecule has 1 aliphatic heterocycles. The van der Waals surface area contributed by atoms with E-state index in [0.717, 1.165) is 11.1 Å². The maximum Gasteiger partial charge on any atom is 0.326 e. The van der Waals surface area contributed by atoms with Crippen molar-refractivity contribution >= 4 is 23.5 Å². The minimum absolute atomic E-state index is 0.208. The predicted molar refractivity (Wildman–Crippen MR) is 63.1 cm³/mol. The van der Waals surface area contributed by atoms with Gasteiger partial charge in [-0.1, -0.05) is 17.7 Å². The molecule has 2 unspecified atom stereocenters. The number of hydrogen-bond donors (Lipinski definition) is 2. The summed E-state index contributed by atoms with van der Waals surface area (Å²) in [7, 11) is 0. The van der Waals surface area contributed by atoms with Crippen molar-refractivity contribution < 1.29 is 14.7 Å². The topological polar surface area (TPSA) is 66.4 Å². The van der Waals surface area contributed by atoms with Crippen molar-refractivity contribution in [2.45, 2.75) is 25.3 Å². The van der Waals surface area contributed by atoms with Gasteiger partial charge in [0.2, 0.25) is 5.91 Å². The molecule has 2 N–H and O–H groups in total. The Bertz CT molecular complexity index is 487. The minimum Gasteiger partial charge on any atom is -0.480 e. The molecule has 1 aromatic carbocycles. The molecule has 1 aromatic rings. The largest absolute Gasteiger partial charge is 0.480 e. The van der Waals surface area contributed by atoms with Gasteiger partial charge in [0.15, 0.2) is 0 Å². The molecule has 1 heterocycles. The first-order valence-corrected chi connectivity index (χ1v) is 5.65. The number of carbonyl (C=O) groups excluding carboxylic acids is 1. The molecule has 17 heavy (non-hydrogen) atoms. The molecule has 90 valence electrons. The summed E-state index contributed by atoms with van der Waals surface area (Å²) in [6, 6.07) is 4.44. The van der Waals surface area contributed by atoms with Gasteiger partial charge in [0.1, 0.15) is 6.04 Å². The number of nitrogens with one attached hydrogen (secondary N) is 1. The molecule has 0 saturated carbocycles. The lowest BCUT2D eigenvalue weighted by atomic mass is 9.89. The molecule has 1 amide bonds. The zero-order chi connectivity index (χ0) is 12.6. The minimum atomic E-state index is -1.00. The van der Waals surface area contributed by atoms with Gasteiger partial charge in [-0.2, -0.15) is 0 Å². The molecule has 5 heteroatoms. The van der Waals surface area contributed by atoms with Crippen LogP contribution in [0, 0.1) is 6.92 Å². The van der Waals surface area contributed by atoms with E-state index in [1.54, 1.807) is 18.2 Å². The Labute approximate surface area is 104 Å². The number of carboxylic acid groups (broad SMARTS) is 1. The van der Waals surface area contributed by atoms with Crippen LogP contribution >= 0.6 is 11.6 Å². The zero-order valence-electron chi connectivity index (χ0n) is 9.24. The Balaban J connectivity index is 2.38. The monoisotopic (exact) mass is 253 g/mol. The average molecular weight is 254 g/mol. The molecule has 4 nitrogen and oxygen atoms in total. The van der Waals surface area contributed by atoms with Crippen LogP contribution < -0.4 is 5.32 Å². The molecule has 0 aliphatic carbocycles. The zero-order valence-corrected chi connectivity index (χ0v) is 9.99. The van der Waals surface area contributed by atoms with E-state index in [1.807, 2.05) is 6.92 Å². The van der Waals surface area contributed by atoms with Gasteiger partial charge in [-0.05, 0) is 30.2 Å². The van der Waals surface area contributed by atoms with Gasteiger partial charge in [-0.25, -0.2) is 4.79 Å². The highest BCUT2D eigenvalue weighted by molar-refractivity contribution is 6.30. The molecule has 2 rings (SSSR count). The van der Waals surface area contributed by atoms with E-state index in [1.165, 1.54) is 0 Å². The maximum atomic E-state index is 11.3. The molecule has 2 atom stereocenters. The number of carbonyl (C=O) groups is 2. The van der Waals surface area contributed by atoms with Gasteiger partial charge < -0.3 is 10.4 Å². The van der Waals surface area contributed by atoms with Crippen molar-refractivity contribution in [2.24, 2.45) is 0 Å². The van der Waals surface area contributed by atoms with Crippen LogP contribution in [0.5, 0.6) is 0 Å². The molecule has 0 bridgehead atoms. The van der Waals surface area contributed by atoms with Gasteiger partial charge in [-0.3, -0.25) is 4.79 Å². The fourth-order valence-corrected chi connectivity index (χ4v) is 2.46. The van der Waals surface area contributed by atoms with E-state index < -0.39 is 12.0 Å². The number of benzene rings is 1. The predicted octanol–water partition coefficient (Wildman–Crippen LogP) is 1.71. The van der Waals surface area contributed by atoms with Crippen molar-refractivity contribution in [3.8, 4) is 0 Å². The molecular formula is C12H12ClNO3. The Morgan fingerprint density at radius 2 is 2.24 bits per heavy atom. The number of aliphatic carboxylic acids is 1. The number of carboxylic acids is 1. The summed E-state index contributed by atoms with van der Waals surface area (Å²) in [6.45, 7) is 1.86. The van der Waals surface area contributed by atoms with Gasteiger partial charge in [0.05, 0.1) is 0 Å². The fraction of sp³-hybridized carbons (Fsp3) is 0.333. The van der Waals surface area contributed by atoms with E-state index in [9.17, 15) is 9.59 Å². The Kier molecular flexibility index (Phi) is 3.07. The number of rotatable bonds is 2. The van der Waals surface area contributed by atoms with E-state index in [4.69, 9.17) is 16.7 Å². The molecule has 0 aromatic heterocycles. The normalized spacial score (nSPS) is 23.5. The van der Waals surface area contributed by atoms with Gasteiger partial charge in [0.25, 0.3) is 0 Å². The van der Waals surface area contributed by atoms with Crippen LogP contribution in [0.1, 0.15) is 23.5 Å². The summed E-state index contributed by atoms with van der Waals surface area (Å²) >= 11 is 5.85. The maximum absolute atomic E-state index is 11.3. The van der Waals surface area contributed by atoms with Crippen molar-refractivity contribution in [1.82, 2.24) is 5.32 Å². The van der Waals surface area contributed by atoms with Crippen molar-refractivity contribution in [3.05, 3.63) is 34.3 Å². The average Bonchev–Trinajstić information content (AvgIpc) is 2.60. The highest BCUT2D eigenvalue weighted by Crippen LogP contribution is 2.32. The van der Waals surface area contributed by atoms with Gasteiger partial charge in [0, 0.05) is 17.4 Å². The van der Waals surface area contributed by atoms with E-state index in [2.05, 4.69) is 5.32 Å². The second kappa shape index (κ2) is 4.37. The third-order valence-corrected chi connectivity index (χ3v) is 3.26. The summed E-state index contributed by atoms with van der Waals surface area (Å²) in [6.07, 6.45) is 0.208. The third kappa shape index (κ3) is 2.26. The van der Waals surface area contributed by atoms with Gasteiger partial charge >= 0.3 is 5.97 Å². The van der Waals surface area contributed by atoms with Crippen molar-refractivity contribution in [3.63, 3.8) is 0 Å². The first-order chi connectivity index (χ1) is 7.99. The number of hydrogen-bond acceptors (Lipinski definition) is 2. The summed E-state index contributed by atoms with van der Waals surface area (Å²) < 4.78 is 0. The summed E-state index contributed by atoms with van der Waals surface area (Å²) in [4.78, 5) is 22.4. The summed E-state index contributed by atoms with van der Waals surface area (Å²) in [5.41, 5.74) is 1.77. The van der Waals surface area contributed by atoms with Crippen molar-refractivity contribution in [1.29, 1.82) is 0 Å². The Morgan fingerprint density at radius 3 is 2.82 bits per heavy atom. The smallest absolute Gasteiger partial charge is 0.326 e. The van der Waals surface area contributed by atoms with E-state index in [0.29, 0.717) is 5.02 Å².